The van der Waals surface area contributed by atoms with Crippen molar-refractivity contribution in [1.29, 1.82) is 0 Å². The summed E-state index contributed by atoms with van der Waals surface area (Å²) in [5.41, 5.74) is 0.612. The van der Waals surface area contributed by atoms with Gasteiger partial charge in [0.2, 0.25) is 0 Å². The summed E-state index contributed by atoms with van der Waals surface area (Å²) in [7, 11) is 3.86. The number of aromatic nitrogens is 1. The quantitative estimate of drug-likeness (QED) is 0.761. The lowest BCUT2D eigenvalue weighted by Gasteiger charge is -2.19. The maximum absolute atomic E-state index is 12.2. The minimum Gasteiger partial charge on any atom is -0.363 e. The van der Waals surface area contributed by atoms with Crippen molar-refractivity contribution < 1.29 is 4.79 Å². The van der Waals surface area contributed by atoms with Gasteiger partial charge in [0.15, 0.2) is 0 Å². The highest BCUT2D eigenvalue weighted by molar-refractivity contribution is 5.94. The molecule has 0 aliphatic rings. The number of nitrogens with zero attached hydrogens (tertiary/aromatic N) is 3. The normalized spacial score (nSPS) is 12.3. The predicted molar refractivity (Wildman–Crippen MR) is 92.5 cm³/mol. The summed E-state index contributed by atoms with van der Waals surface area (Å²) in [6.45, 7) is 9.68. The first-order valence-corrected chi connectivity index (χ1v) is 8.14. The number of anilines is 1. The molecule has 1 atom stereocenters. The minimum absolute atomic E-state index is 0.0480. The van der Waals surface area contributed by atoms with Crippen LogP contribution in [0, 0.1) is 0 Å². The van der Waals surface area contributed by atoms with Crippen LogP contribution >= 0.6 is 0 Å². The third-order valence-electron chi connectivity index (χ3n) is 3.85. The van der Waals surface area contributed by atoms with Crippen LogP contribution in [0.5, 0.6) is 0 Å². The summed E-state index contributed by atoms with van der Waals surface area (Å²) in [6.07, 6.45) is 3.72. The molecule has 0 spiro atoms. The maximum Gasteiger partial charge on any atom is 0.253 e. The van der Waals surface area contributed by atoms with Crippen molar-refractivity contribution in [1.82, 2.24) is 15.2 Å². The van der Waals surface area contributed by atoms with Crippen LogP contribution in [0.1, 0.15) is 44.0 Å². The topological polar surface area (TPSA) is 48.5 Å². The molecule has 0 aromatic carbocycles. The highest BCUT2D eigenvalue weighted by Gasteiger charge is 2.11. The summed E-state index contributed by atoms with van der Waals surface area (Å²) >= 11 is 0. The van der Waals surface area contributed by atoms with Gasteiger partial charge in [-0.15, -0.1) is 0 Å². The van der Waals surface area contributed by atoms with E-state index in [4.69, 9.17) is 0 Å². The summed E-state index contributed by atoms with van der Waals surface area (Å²) in [4.78, 5) is 20.8. The van der Waals surface area contributed by atoms with Crippen LogP contribution in [0.15, 0.2) is 18.3 Å². The molecular formula is C17H30N4O. The highest BCUT2D eigenvalue weighted by atomic mass is 16.1. The van der Waals surface area contributed by atoms with Gasteiger partial charge in [0.25, 0.3) is 5.91 Å². The van der Waals surface area contributed by atoms with Crippen LogP contribution in [0.3, 0.4) is 0 Å². The van der Waals surface area contributed by atoms with Gasteiger partial charge in [0.1, 0.15) is 5.82 Å². The SMILES string of the molecule is CCN(CC)CCC[C@@H](C)NC(=O)c1ccc(N(C)C)nc1. The van der Waals surface area contributed by atoms with Gasteiger partial charge in [-0.2, -0.15) is 0 Å². The van der Waals surface area contributed by atoms with Crippen molar-refractivity contribution >= 4 is 11.7 Å². The third-order valence-corrected chi connectivity index (χ3v) is 3.85. The number of rotatable bonds is 9. The van der Waals surface area contributed by atoms with E-state index in [1.54, 1.807) is 6.20 Å². The molecule has 1 aromatic heterocycles. The third kappa shape index (κ3) is 6.02. The number of amides is 1. The Morgan fingerprint density at radius 3 is 2.45 bits per heavy atom. The lowest BCUT2D eigenvalue weighted by Crippen LogP contribution is -2.33. The molecule has 0 unspecified atom stereocenters. The molecular weight excluding hydrogens is 276 g/mol. The summed E-state index contributed by atoms with van der Waals surface area (Å²) in [6, 6.07) is 3.86. The number of carbonyl (C=O) groups is 1. The van der Waals surface area contributed by atoms with Crippen molar-refractivity contribution in [3.05, 3.63) is 23.9 Å². The molecule has 1 aromatic rings. The Labute approximate surface area is 134 Å². The molecule has 1 heterocycles. The molecule has 0 saturated carbocycles. The van der Waals surface area contributed by atoms with E-state index < -0.39 is 0 Å². The average Bonchev–Trinajstić information content (AvgIpc) is 2.51. The van der Waals surface area contributed by atoms with Gasteiger partial charge in [-0.05, 0) is 51.5 Å². The van der Waals surface area contributed by atoms with Gasteiger partial charge in [-0.25, -0.2) is 4.98 Å². The predicted octanol–water partition coefficient (Wildman–Crippen LogP) is 2.39. The van der Waals surface area contributed by atoms with E-state index in [1.807, 2.05) is 31.1 Å². The van der Waals surface area contributed by atoms with E-state index in [-0.39, 0.29) is 11.9 Å². The second-order valence-corrected chi connectivity index (χ2v) is 5.84. The highest BCUT2D eigenvalue weighted by Crippen LogP contribution is 2.08. The van der Waals surface area contributed by atoms with Crippen LogP contribution in [-0.2, 0) is 0 Å². The Hall–Kier alpha value is -1.62. The molecule has 0 bridgehead atoms. The average molecular weight is 306 g/mol. The van der Waals surface area contributed by atoms with Crippen LogP contribution in [-0.4, -0.2) is 55.6 Å². The Morgan fingerprint density at radius 1 is 1.27 bits per heavy atom. The molecule has 5 nitrogen and oxygen atoms in total. The molecule has 1 N–H and O–H groups in total. The molecule has 0 radical (unpaired) electrons. The fraction of sp³-hybridized carbons (Fsp3) is 0.647. The van der Waals surface area contributed by atoms with Crippen LogP contribution in [0.2, 0.25) is 0 Å². The Kier molecular flexibility index (Phi) is 7.88. The Morgan fingerprint density at radius 2 is 1.95 bits per heavy atom. The number of carbonyl (C=O) groups excluding carboxylic acids is 1. The van der Waals surface area contributed by atoms with Crippen LogP contribution in [0.25, 0.3) is 0 Å². The van der Waals surface area contributed by atoms with E-state index >= 15 is 0 Å². The van der Waals surface area contributed by atoms with Crippen molar-refractivity contribution in [3.8, 4) is 0 Å². The zero-order valence-corrected chi connectivity index (χ0v) is 14.6. The second kappa shape index (κ2) is 9.41. The molecule has 22 heavy (non-hydrogen) atoms. The zero-order chi connectivity index (χ0) is 16.5. The molecule has 5 heteroatoms. The minimum atomic E-state index is -0.0480. The van der Waals surface area contributed by atoms with Crippen LogP contribution < -0.4 is 10.2 Å². The zero-order valence-electron chi connectivity index (χ0n) is 14.6. The van der Waals surface area contributed by atoms with Gasteiger partial charge in [-0.3, -0.25) is 4.79 Å². The van der Waals surface area contributed by atoms with Gasteiger partial charge < -0.3 is 15.1 Å². The van der Waals surface area contributed by atoms with E-state index in [0.717, 1.165) is 38.3 Å². The first-order chi connectivity index (χ1) is 10.5. The first kappa shape index (κ1) is 18.4. The molecule has 0 fully saturated rings. The van der Waals surface area contributed by atoms with Crippen molar-refractivity contribution in [3.63, 3.8) is 0 Å². The lowest BCUT2D eigenvalue weighted by molar-refractivity contribution is 0.0937. The van der Waals surface area contributed by atoms with Crippen molar-refractivity contribution in [2.45, 2.75) is 39.7 Å². The summed E-state index contributed by atoms with van der Waals surface area (Å²) in [5.74, 6) is 0.803. The van der Waals surface area contributed by atoms with E-state index in [0.29, 0.717) is 5.56 Å². The Bertz CT molecular complexity index is 440. The molecule has 1 amide bonds. The monoisotopic (exact) mass is 306 g/mol. The van der Waals surface area contributed by atoms with E-state index in [9.17, 15) is 4.79 Å². The number of pyridine rings is 1. The first-order valence-electron chi connectivity index (χ1n) is 8.14. The molecule has 0 saturated heterocycles. The summed E-state index contributed by atoms with van der Waals surface area (Å²) in [5, 5.41) is 3.04. The van der Waals surface area contributed by atoms with Gasteiger partial charge in [0.05, 0.1) is 5.56 Å². The molecule has 124 valence electrons. The van der Waals surface area contributed by atoms with Crippen molar-refractivity contribution in [2.75, 3.05) is 38.6 Å². The largest absolute Gasteiger partial charge is 0.363 e. The molecule has 0 aliphatic heterocycles. The number of nitrogens with one attached hydrogen (secondary N) is 1. The second-order valence-electron chi connectivity index (χ2n) is 5.84. The van der Waals surface area contributed by atoms with Gasteiger partial charge in [0, 0.05) is 26.3 Å². The van der Waals surface area contributed by atoms with E-state index in [2.05, 4.69) is 36.0 Å². The fourth-order valence-corrected chi connectivity index (χ4v) is 2.33. The van der Waals surface area contributed by atoms with Crippen LogP contribution in [0.4, 0.5) is 5.82 Å². The maximum atomic E-state index is 12.2. The van der Waals surface area contributed by atoms with Crippen molar-refractivity contribution in [2.24, 2.45) is 0 Å². The standard InChI is InChI=1S/C17H30N4O/c1-6-21(7-2)12-8-9-14(3)19-17(22)15-10-11-16(18-13-15)20(4)5/h10-11,13-14H,6-9,12H2,1-5H3,(H,19,22)/t14-/m1/s1. The summed E-state index contributed by atoms with van der Waals surface area (Å²) < 4.78 is 0. The Balaban J connectivity index is 2.40. The molecule has 0 aliphatic carbocycles. The number of hydrogen-bond acceptors (Lipinski definition) is 4. The van der Waals surface area contributed by atoms with Gasteiger partial charge >= 0.3 is 0 Å². The fourth-order valence-electron chi connectivity index (χ4n) is 2.33. The number of hydrogen-bond donors (Lipinski definition) is 1. The lowest BCUT2D eigenvalue weighted by atomic mass is 10.1. The van der Waals surface area contributed by atoms with Gasteiger partial charge in [-0.1, -0.05) is 13.8 Å². The van der Waals surface area contributed by atoms with E-state index in [1.165, 1.54) is 0 Å². The smallest absolute Gasteiger partial charge is 0.253 e. The molecule has 1 rings (SSSR count).